The number of ether oxygens (including phenoxy) is 2. The van der Waals surface area contributed by atoms with Gasteiger partial charge in [0.25, 0.3) is 0 Å². The number of methoxy groups -OCH3 is 1. The highest BCUT2D eigenvalue weighted by molar-refractivity contribution is 5.85. The Labute approximate surface area is 122 Å². The lowest BCUT2D eigenvalue weighted by atomic mass is 10.2. The van der Waals surface area contributed by atoms with Crippen LogP contribution in [-0.4, -0.2) is 23.2 Å². The summed E-state index contributed by atoms with van der Waals surface area (Å²) in [6.07, 6.45) is -4.57. The molecule has 0 amide bonds. The second-order valence-corrected chi connectivity index (χ2v) is 4.16. The third-order valence-electron chi connectivity index (χ3n) is 2.61. The molecule has 0 aliphatic rings. The van der Waals surface area contributed by atoms with Crippen molar-refractivity contribution in [2.45, 2.75) is 6.18 Å². The molecule has 1 aromatic carbocycles. The number of benzene rings is 1. The molecule has 8 heteroatoms. The number of alkyl halides is 3. The minimum atomic E-state index is -4.57. The first kappa shape index (κ1) is 15.6. The Morgan fingerprint density at radius 2 is 1.86 bits per heavy atom. The molecule has 0 atom stereocenters. The van der Waals surface area contributed by atoms with Gasteiger partial charge in [-0.1, -0.05) is 6.07 Å². The molecule has 0 saturated heterocycles. The Hall–Kier alpha value is -2.77. The molecule has 2 aromatic rings. The standard InChI is InChI=1S/C14H10F3NO4/c1-21-9-5-8(14(15,16)17)6-10(7-9)22-12-4-2-3-11(18-12)13(19)20/h2-7H,1H3,(H,19,20). The average molecular weight is 313 g/mol. The van der Waals surface area contributed by atoms with Gasteiger partial charge in [-0.05, 0) is 18.2 Å². The Morgan fingerprint density at radius 1 is 1.18 bits per heavy atom. The molecular weight excluding hydrogens is 303 g/mol. The highest BCUT2D eigenvalue weighted by atomic mass is 19.4. The van der Waals surface area contributed by atoms with E-state index in [-0.39, 0.29) is 23.1 Å². The van der Waals surface area contributed by atoms with Crippen molar-refractivity contribution in [3.8, 4) is 17.4 Å². The first-order valence-corrected chi connectivity index (χ1v) is 5.94. The van der Waals surface area contributed by atoms with Crippen molar-refractivity contribution in [3.63, 3.8) is 0 Å². The topological polar surface area (TPSA) is 68.7 Å². The van der Waals surface area contributed by atoms with Crippen LogP contribution in [0.3, 0.4) is 0 Å². The number of halogens is 3. The number of carboxylic acid groups (broad SMARTS) is 1. The minimum absolute atomic E-state index is 0.0424. The molecule has 0 fully saturated rings. The Morgan fingerprint density at radius 3 is 2.45 bits per heavy atom. The second-order valence-electron chi connectivity index (χ2n) is 4.16. The third-order valence-corrected chi connectivity index (χ3v) is 2.61. The van der Waals surface area contributed by atoms with Gasteiger partial charge in [-0.15, -0.1) is 0 Å². The molecular formula is C14H10F3NO4. The molecule has 2 rings (SSSR count). The first-order valence-electron chi connectivity index (χ1n) is 5.94. The molecule has 116 valence electrons. The maximum Gasteiger partial charge on any atom is 0.416 e. The van der Waals surface area contributed by atoms with Crippen molar-refractivity contribution in [3.05, 3.63) is 47.7 Å². The molecule has 0 bridgehead atoms. The van der Waals surface area contributed by atoms with Gasteiger partial charge < -0.3 is 14.6 Å². The lowest BCUT2D eigenvalue weighted by Crippen LogP contribution is -2.06. The fourth-order valence-corrected chi connectivity index (χ4v) is 1.62. The van der Waals surface area contributed by atoms with E-state index in [1.54, 1.807) is 0 Å². The molecule has 0 aliphatic heterocycles. The van der Waals surface area contributed by atoms with Crippen molar-refractivity contribution in [1.29, 1.82) is 0 Å². The van der Waals surface area contributed by atoms with Crippen molar-refractivity contribution in [2.24, 2.45) is 0 Å². The molecule has 0 aliphatic carbocycles. The Bertz CT molecular complexity index is 701. The number of hydrogen-bond donors (Lipinski definition) is 1. The maximum absolute atomic E-state index is 12.8. The van der Waals surface area contributed by atoms with Crippen molar-refractivity contribution in [2.75, 3.05) is 7.11 Å². The average Bonchev–Trinajstić information content (AvgIpc) is 2.46. The van der Waals surface area contributed by atoms with Crippen LogP contribution in [0.5, 0.6) is 17.4 Å². The second kappa shape index (κ2) is 5.92. The van der Waals surface area contributed by atoms with E-state index in [4.69, 9.17) is 14.6 Å². The van der Waals surface area contributed by atoms with Crippen LogP contribution in [0.25, 0.3) is 0 Å². The number of carbonyl (C=O) groups is 1. The largest absolute Gasteiger partial charge is 0.497 e. The SMILES string of the molecule is COc1cc(Oc2cccc(C(=O)O)n2)cc(C(F)(F)F)c1. The van der Waals surface area contributed by atoms with E-state index in [1.165, 1.54) is 31.4 Å². The van der Waals surface area contributed by atoms with Crippen LogP contribution in [0.1, 0.15) is 16.1 Å². The van der Waals surface area contributed by atoms with Crippen LogP contribution in [0.15, 0.2) is 36.4 Å². The van der Waals surface area contributed by atoms with E-state index < -0.39 is 17.7 Å². The third kappa shape index (κ3) is 3.66. The van der Waals surface area contributed by atoms with Gasteiger partial charge in [0.15, 0.2) is 5.69 Å². The van der Waals surface area contributed by atoms with E-state index in [0.717, 1.165) is 12.1 Å². The fraction of sp³-hybridized carbons (Fsp3) is 0.143. The molecule has 5 nitrogen and oxygen atoms in total. The molecule has 0 saturated carbocycles. The summed E-state index contributed by atoms with van der Waals surface area (Å²) in [5.74, 6) is -1.62. The first-order chi connectivity index (χ1) is 10.3. The predicted octanol–water partition coefficient (Wildman–Crippen LogP) is 3.60. The molecule has 1 aromatic heterocycles. The van der Waals surface area contributed by atoms with E-state index in [9.17, 15) is 18.0 Å². The van der Waals surface area contributed by atoms with Gasteiger partial charge in [-0.3, -0.25) is 0 Å². The number of hydrogen-bond acceptors (Lipinski definition) is 4. The zero-order valence-electron chi connectivity index (χ0n) is 11.2. The van der Waals surface area contributed by atoms with Gasteiger partial charge in [-0.2, -0.15) is 13.2 Å². The molecule has 22 heavy (non-hydrogen) atoms. The number of aromatic nitrogens is 1. The fourth-order valence-electron chi connectivity index (χ4n) is 1.62. The Balaban J connectivity index is 2.37. The summed E-state index contributed by atoms with van der Waals surface area (Å²) < 4.78 is 48.4. The zero-order chi connectivity index (χ0) is 16.3. The highest BCUT2D eigenvalue weighted by Gasteiger charge is 2.31. The van der Waals surface area contributed by atoms with Gasteiger partial charge in [0.05, 0.1) is 12.7 Å². The predicted molar refractivity (Wildman–Crippen MR) is 69.3 cm³/mol. The van der Waals surface area contributed by atoms with E-state index in [1.807, 2.05) is 0 Å². The summed E-state index contributed by atoms with van der Waals surface area (Å²) in [7, 11) is 1.22. The number of aromatic carboxylic acids is 1. The molecule has 0 spiro atoms. The van der Waals surface area contributed by atoms with Crippen LogP contribution in [0.4, 0.5) is 13.2 Å². The zero-order valence-corrected chi connectivity index (χ0v) is 11.2. The van der Waals surface area contributed by atoms with Crippen molar-refractivity contribution in [1.82, 2.24) is 4.98 Å². The number of rotatable bonds is 4. The summed E-state index contributed by atoms with van der Waals surface area (Å²) >= 11 is 0. The molecule has 0 radical (unpaired) electrons. The molecule has 1 N–H and O–H groups in total. The van der Waals surface area contributed by atoms with Gasteiger partial charge in [-0.25, -0.2) is 9.78 Å². The Kier molecular flexibility index (Phi) is 4.20. The van der Waals surface area contributed by atoms with Crippen molar-refractivity contribution < 1.29 is 32.5 Å². The minimum Gasteiger partial charge on any atom is -0.497 e. The summed E-state index contributed by atoms with van der Waals surface area (Å²) in [5, 5.41) is 8.82. The van der Waals surface area contributed by atoms with Crippen LogP contribution in [0, 0.1) is 0 Å². The monoisotopic (exact) mass is 313 g/mol. The smallest absolute Gasteiger partial charge is 0.416 e. The van der Waals surface area contributed by atoms with Crippen LogP contribution in [0.2, 0.25) is 0 Å². The van der Waals surface area contributed by atoms with E-state index >= 15 is 0 Å². The van der Waals surface area contributed by atoms with E-state index in [0.29, 0.717) is 0 Å². The van der Waals surface area contributed by atoms with Gasteiger partial charge in [0.1, 0.15) is 11.5 Å². The van der Waals surface area contributed by atoms with Gasteiger partial charge >= 0.3 is 12.1 Å². The molecule has 0 unspecified atom stereocenters. The van der Waals surface area contributed by atoms with Gasteiger partial charge in [0, 0.05) is 12.1 Å². The normalized spacial score (nSPS) is 11.1. The van der Waals surface area contributed by atoms with E-state index in [2.05, 4.69) is 4.98 Å². The van der Waals surface area contributed by atoms with Crippen molar-refractivity contribution >= 4 is 5.97 Å². The van der Waals surface area contributed by atoms with Gasteiger partial charge in [0.2, 0.25) is 5.88 Å². The maximum atomic E-state index is 12.8. The summed E-state index contributed by atoms with van der Waals surface area (Å²) in [4.78, 5) is 14.5. The summed E-state index contributed by atoms with van der Waals surface area (Å²) in [6.45, 7) is 0. The number of pyridine rings is 1. The number of carboxylic acids is 1. The lowest BCUT2D eigenvalue weighted by Gasteiger charge is -2.12. The lowest BCUT2D eigenvalue weighted by molar-refractivity contribution is -0.137. The number of nitrogens with zero attached hydrogens (tertiary/aromatic N) is 1. The summed E-state index contributed by atoms with van der Waals surface area (Å²) in [6, 6.07) is 6.79. The quantitative estimate of drug-likeness (QED) is 0.934. The van der Waals surface area contributed by atoms with Crippen LogP contribution < -0.4 is 9.47 Å². The molecule has 1 heterocycles. The van der Waals surface area contributed by atoms with Crippen LogP contribution in [-0.2, 0) is 6.18 Å². The van der Waals surface area contributed by atoms with Crippen LogP contribution >= 0.6 is 0 Å². The summed E-state index contributed by atoms with van der Waals surface area (Å²) in [5.41, 5.74) is -1.23. The highest BCUT2D eigenvalue weighted by Crippen LogP contribution is 2.35.